The van der Waals surface area contributed by atoms with Gasteiger partial charge < -0.3 is 14.7 Å². The number of rotatable bonds is 4. The van der Waals surface area contributed by atoms with E-state index in [1.807, 2.05) is 18.4 Å². The normalized spacial score (nSPS) is 19.9. The lowest BCUT2D eigenvalue weighted by Crippen LogP contribution is -2.37. The molecule has 0 fully saturated rings. The second-order valence-corrected chi connectivity index (χ2v) is 7.62. The monoisotopic (exact) mass is 379 g/mol. The number of fused-ring (bicyclic) bond motifs is 1. The van der Waals surface area contributed by atoms with Crippen molar-refractivity contribution >= 4 is 34.8 Å². The fraction of sp³-hybridized carbons (Fsp3) is 0.333. The number of hydrogen-bond donors (Lipinski definition) is 1. The maximum atomic E-state index is 13.0. The van der Waals surface area contributed by atoms with Gasteiger partial charge in [0.2, 0.25) is 0 Å². The largest absolute Gasteiger partial charge is 0.496 e. The van der Waals surface area contributed by atoms with Gasteiger partial charge >= 0.3 is 5.97 Å². The molecule has 1 unspecified atom stereocenters. The topological polar surface area (TPSA) is 66.8 Å². The molecule has 132 valence electrons. The first-order valence-electron chi connectivity index (χ1n) is 7.78. The first-order chi connectivity index (χ1) is 11.8. The van der Waals surface area contributed by atoms with Gasteiger partial charge in [0.05, 0.1) is 30.2 Å². The predicted molar refractivity (Wildman–Crippen MR) is 96.6 cm³/mol. The number of ether oxygens (including phenoxy) is 1. The molecule has 1 aromatic rings. The Kier molecular flexibility index (Phi) is 4.75. The van der Waals surface area contributed by atoms with Crippen molar-refractivity contribution in [2.24, 2.45) is 0 Å². The van der Waals surface area contributed by atoms with E-state index >= 15 is 0 Å². The van der Waals surface area contributed by atoms with Crippen LogP contribution in [0.2, 0.25) is 0 Å². The number of hydrogen-bond acceptors (Lipinski definition) is 4. The van der Waals surface area contributed by atoms with Crippen LogP contribution in [0.5, 0.6) is 0 Å². The highest BCUT2D eigenvalue weighted by molar-refractivity contribution is 7.10. The lowest BCUT2D eigenvalue weighted by atomic mass is 9.92. The molecule has 5 nitrogen and oxygen atoms in total. The van der Waals surface area contributed by atoms with Gasteiger partial charge in [0, 0.05) is 22.4 Å². The Morgan fingerprint density at radius 2 is 2.16 bits per heavy atom. The molecule has 1 atom stereocenters. The van der Waals surface area contributed by atoms with E-state index in [2.05, 4.69) is 0 Å². The molecule has 0 radical (unpaired) electrons. The van der Waals surface area contributed by atoms with Crippen LogP contribution < -0.4 is 0 Å². The van der Waals surface area contributed by atoms with Crippen LogP contribution in [-0.4, -0.2) is 35.0 Å². The molecule has 0 saturated carbocycles. The van der Waals surface area contributed by atoms with E-state index in [1.165, 1.54) is 18.4 Å². The molecule has 0 spiro atoms. The minimum atomic E-state index is -0.936. The summed E-state index contributed by atoms with van der Waals surface area (Å²) in [7, 11) is 1.52. The van der Waals surface area contributed by atoms with Crippen molar-refractivity contribution in [2.75, 3.05) is 7.11 Å². The molecule has 1 aliphatic carbocycles. The summed E-state index contributed by atoms with van der Waals surface area (Å²) in [5.41, 5.74) is 2.71. The molecule has 2 aliphatic rings. The van der Waals surface area contributed by atoms with Crippen LogP contribution in [0, 0.1) is 6.92 Å². The number of amides is 1. The number of carboxylic acids is 1. The average molecular weight is 380 g/mol. The van der Waals surface area contributed by atoms with Crippen LogP contribution >= 0.6 is 22.9 Å². The standard InChI is InChI=1S/C18H18ClNO4S/c1-9-4-11(8-25-9)18(23)20-10(2)12(6-17(21)22)13-5-16(24-3)14(19)7-15(13)20/h4-5,8,15H,6-7H2,1-3H3,(H,21,22). The van der Waals surface area contributed by atoms with Gasteiger partial charge in [0.15, 0.2) is 0 Å². The minimum Gasteiger partial charge on any atom is -0.496 e. The van der Waals surface area contributed by atoms with Crippen LogP contribution in [0.15, 0.2) is 45.2 Å². The van der Waals surface area contributed by atoms with Crippen molar-refractivity contribution in [2.45, 2.75) is 32.7 Å². The summed E-state index contributed by atoms with van der Waals surface area (Å²) < 4.78 is 5.28. The highest BCUT2D eigenvalue weighted by atomic mass is 35.5. The van der Waals surface area contributed by atoms with Gasteiger partial charge in [-0.2, -0.15) is 0 Å². The number of aryl methyl sites for hydroxylation is 1. The summed E-state index contributed by atoms with van der Waals surface area (Å²) in [5.74, 6) is -0.554. The van der Waals surface area contributed by atoms with E-state index in [1.54, 1.807) is 17.9 Å². The van der Waals surface area contributed by atoms with Gasteiger partial charge in [-0.3, -0.25) is 9.59 Å². The first kappa shape index (κ1) is 17.8. The highest BCUT2D eigenvalue weighted by Gasteiger charge is 2.41. The zero-order valence-corrected chi connectivity index (χ0v) is 15.7. The van der Waals surface area contributed by atoms with E-state index in [9.17, 15) is 14.7 Å². The van der Waals surface area contributed by atoms with E-state index in [-0.39, 0.29) is 18.4 Å². The van der Waals surface area contributed by atoms with Gasteiger partial charge in [-0.05, 0) is 37.1 Å². The summed E-state index contributed by atoms with van der Waals surface area (Å²) in [5, 5.41) is 11.6. The number of methoxy groups -OCH3 is 1. The highest BCUT2D eigenvalue weighted by Crippen LogP contribution is 2.43. The van der Waals surface area contributed by atoms with E-state index in [0.29, 0.717) is 34.0 Å². The number of carboxylic acid groups (broad SMARTS) is 1. The summed E-state index contributed by atoms with van der Waals surface area (Å²) in [6.07, 6.45) is 2.02. The fourth-order valence-corrected chi connectivity index (χ4v) is 4.30. The number of nitrogens with zero attached hydrogens (tertiary/aromatic N) is 1. The Balaban J connectivity index is 2.06. The van der Waals surface area contributed by atoms with Crippen LogP contribution in [0.4, 0.5) is 0 Å². The zero-order chi connectivity index (χ0) is 18.3. The van der Waals surface area contributed by atoms with Gasteiger partial charge in [0.25, 0.3) is 5.91 Å². The smallest absolute Gasteiger partial charge is 0.307 e. The SMILES string of the molecule is COC1=C(Cl)CC2C(=C1)C(CC(=O)O)=C(C)N2C(=O)c1csc(C)c1. The lowest BCUT2D eigenvalue weighted by Gasteiger charge is -2.29. The number of aliphatic carboxylic acids is 1. The quantitative estimate of drug-likeness (QED) is 0.856. The average Bonchev–Trinajstić information content (AvgIpc) is 3.08. The maximum absolute atomic E-state index is 13.0. The van der Waals surface area contributed by atoms with Crippen molar-refractivity contribution in [3.8, 4) is 0 Å². The van der Waals surface area contributed by atoms with Crippen molar-refractivity contribution in [3.05, 3.63) is 55.6 Å². The first-order valence-corrected chi connectivity index (χ1v) is 9.04. The van der Waals surface area contributed by atoms with Gasteiger partial charge in [-0.1, -0.05) is 11.6 Å². The molecular weight excluding hydrogens is 362 g/mol. The van der Waals surface area contributed by atoms with Crippen LogP contribution in [-0.2, 0) is 9.53 Å². The summed E-state index contributed by atoms with van der Waals surface area (Å²) >= 11 is 7.82. The number of allylic oxidation sites excluding steroid dienone is 2. The second kappa shape index (κ2) is 6.69. The number of carbonyl (C=O) groups is 2. The van der Waals surface area contributed by atoms with Crippen molar-refractivity contribution in [3.63, 3.8) is 0 Å². The van der Waals surface area contributed by atoms with Gasteiger partial charge in [-0.15, -0.1) is 11.3 Å². The predicted octanol–water partition coefficient (Wildman–Crippen LogP) is 4.06. The zero-order valence-electron chi connectivity index (χ0n) is 14.1. The van der Waals surface area contributed by atoms with E-state index in [4.69, 9.17) is 16.3 Å². The third-order valence-corrected chi connectivity index (χ3v) is 5.69. The Hall–Kier alpha value is -2.05. The molecule has 0 saturated heterocycles. The Morgan fingerprint density at radius 3 is 2.72 bits per heavy atom. The summed E-state index contributed by atoms with van der Waals surface area (Å²) in [6.45, 7) is 3.73. The molecule has 2 heterocycles. The summed E-state index contributed by atoms with van der Waals surface area (Å²) in [6, 6.07) is 1.55. The Labute approximate surface area is 154 Å². The lowest BCUT2D eigenvalue weighted by molar-refractivity contribution is -0.136. The summed E-state index contributed by atoms with van der Waals surface area (Å²) in [4.78, 5) is 27.1. The van der Waals surface area contributed by atoms with Crippen molar-refractivity contribution in [1.82, 2.24) is 4.90 Å². The van der Waals surface area contributed by atoms with E-state index < -0.39 is 5.97 Å². The van der Waals surface area contributed by atoms with Crippen LogP contribution in [0.25, 0.3) is 0 Å². The molecule has 0 bridgehead atoms. The molecule has 3 rings (SSSR count). The number of carbonyl (C=O) groups excluding carboxylic acids is 1. The molecule has 1 aliphatic heterocycles. The molecular formula is C18H18ClNO4S. The fourth-order valence-electron chi connectivity index (χ4n) is 3.34. The van der Waals surface area contributed by atoms with Gasteiger partial charge in [-0.25, -0.2) is 0 Å². The van der Waals surface area contributed by atoms with Crippen molar-refractivity contribution < 1.29 is 19.4 Å². The van der Waals surface area contributed by atoms with Crippen molar-refractivity contribution in [1.29, 1.82) is 0 Å². The van der Waals surface area contributed by atoms with Crippen LogP contribution in [0.1, 0.15) is 35.0 Å². The van der Waals surface area contributed by atoms with E-state index in [0.717, 1.165) is 10.5 Å². The molecule has 25 heavy (non-hydrogen) atoms. The Bertz CT molecular complexity index is 849. The minimum absolute atomic E-state index is 0.136. The third-order valence-electron chi connectivity index (χ3n) is 4.49. The van der Waals surface area contributed by atoms with Crippen LogP contribution in [0.3, 0.4) is 0 Å². The number of thiophene rings is 1. The van der Waals surface area contributed by atoms with Gasteiger partial charge in [0.1, 0.15) is 5.76 Å². The molecule has 1 N–H and O–H groups in total. The maximum Gasteiger partial charge on any atom is 0.307 e. The second-order valence-electron chi connectivity index (χ2n) is 6.05. The third kappa shape index (κ3) is 3.12. The molecule has 7 heteroatoms. The Morgan fingerprint density at radius 1 is 1.44 bits per heavy atom. The molecule has 1 aromatic heterocycles. The molecule has 0 aromatic carbocycles. The molecule has 1 amide bonds. The number of halogens is 1.